The van der Waals surface area contributed by atoms with E-state index in [4.69, 9.17) is 5.73 Å². The van der Waals surface area contributed by atoms with Crippen molar-refractivity contribution in [3.05, 3.63) is 34.5 Å². The molecule has 4 nitrogen and oxygen atoms in total. The minimum atomic E-state index is -0.866. The molecule has 4 heteroatoms. The molecule has 3 N–H and O–H groups in total. The topological polar surface area (TPSA) is 68.2 Å². The van der Waals surface area contributed by atoms with E-state index in [-0.39, 0.29) is 0 Å². The number of nitrogens with two attached hydrogens (primary N) is 1. The Morgan fingerprint density at radius 1 is 1.40 bits per heavy atom. The van der Waals surface area contributed by atoms with E-state index in [0.717, 1.165) is 47.0 Å². The van der Waals surface area contributed by atoms with Gasteiger partial charge in [-0.15, -0.1) is 0 Å². The lowest BCUT2D eigenvalue weighted by molar-refractivity contribution is 0.0696. The molecule has 108 valence electrons. The number of carboxylic acid groups (broad SMARTS) is 1. The lowest BCUT2D eigenvalue weighted by Crippen LogP contribution is -2.04. The molecule has 0 amide bonds. The van der Waals surface area contributed by atoms with E-state index < -0.39 is 5.97 Å². The van der Waals surface area contributed by atoms with Crippen molar-refractivity contribution in [2.45, 2.75) is 40.2 Å². The fraction of sp³-hybridized carbons (Fsp3) is 0.438. The van der Waals surface area contributed by atoms with E-state index in [9.17, 15) is 9.90 Å². The van der Waals surface area contributed by atoms with Crippen LogP contribution in [-0.2, 0) is 13.0 Å². The molecule has 1 heterocycles. The van der Waals surface area contributed by atoms with Crippen LogP contribution in [0.15, 0.2) is 12.3 Å². The summed E-state index contributed by atoms with van der Waals surface area (Å²) < 4.78 is 2.23. The Morgan fingerprint density at radius 2 is 2.10 bits per heavy atom. The number of carboxylic acids is 1. The molecule has 0 saturated heterocycles. The molecule has 1 aromatic carbocycles. The Kier molecular flexibility index (Phi) is 4.14. The number of benzene rings is 1. The predicted octanol–water partition coefficient (Wildman–Crippen LogP) is 2.87. The van der Waals surface area contributed by atoms with Crippen LogP contribution >= 0.6 is 0 Å². The molecule has 0 aliphatic carbocycles. The summed E-state index contributed by atoms with van der Waals surface area (Å²) in [6, 6.07) is 1.78. The summed E-state index contributed by atoms with van der Waals surface area (Å²) in [6.07, 6.45) is 3.95. The van der Waals surface area contributed by atoms with Gasteiger partial charge in [0.15, 0.2) is 0 Å². The van der Waals surface area contributed by atoms with Crippen LogP contribution in [-0.4, -0.2) is 22.2 Å². The van der Waals surface area contributed by atoms with Gasteiger partial charge >= 0.3 is 5.97 Å². The molecular weight excluding hydrogens is 252 g/mol. The molecule has 0 spiro atoms. The van der Waals surface area contributed by atoms with Crippen LogP contribution in [0.3, 0.4) is 0 Å². The van der Waals surface area contributed by atoms with Crippen LogP contribution in [0, 0.1) is 13.8 Å². The van der Waals surface area contributed by atoms with Crippen molar-refractivity contribution in [3.63, 3.8) is 0 Å². The SMILES string of the molecule is CCCn1cc(CCN)c2c(C)c(C(=O)O)cc(C)c21. The van der Waals surface area contributed by atoms with Gasteiger partial charge in [0.05, 0.1) is 11.1 Å². The van der Waals surface area contributed by atoms with Crippen molar-refractivity contribution >= 4 is 16.9 Å². The molecule has 20 heavy (non-hydrogen) atoms. The third-order valence-corrected chi connectivity index (χ3v) is 3.78. The Hall–Kier alpha value is -1.81. The van der Waals surface area contributed by atoms with Crippen LogP contribution in [0.25, 0.3) is 10.9 Å². The number of aromatic carboxylic acids is 1. The number of aryl methyl sites for hydroxylation is 3. The average molecular weight is 274 g/mol. The molecule has 0 bridgehead atoms. The highest BCUT2D eigenvalue weighted by atomic mass is 16.4. The van der Waals surface area contributed by atoms with Crippen LogP contribution in [0.5, 0.6) is 0 Å². The summed E-state index contributed by atoms with van der Waals surface area (Å²) in [4.78, 5) is 11.4. The van der Waals surface area contributed by atoms with E-state index >= 15 is 0 Å². The fourth-order valence-electron chi connectivity index (χ4n) is 2.97. The van der Waals surface area contributed by atoms with Crippen molar-refractivity contribution in [1.82, 2.24) is 4.57 Å². The fourth-order valence-corrected chi connectivity index (χ4v) is 2.97. The van der Waals surface area contributed by atoms with Crippen LogP contribution in [0.1, 0.15) is 40.4 Å². The largest absolute Gasteiger partial charge is 0.478 e. The van der Waals surface area contributed by atoms with Crippen LogP contribution in [0.4, 0.5) is 0 Å². The maximum Gasteiger partial charge on any atom is 0.335 e. The number of nitrogens with zero attached hydrogens (tertiary/aromatic N) is 1. The Bertz CT molecular complexity index is 656. The third-order valence-electron chi connectivity index (χ3n) is 3.78. The second kappa shape index (κ2) is 5.67. The summed E-state index contributed by atoms with van der Waals surface area (Å²) in [5.74, 6) is -0.866. The van der Waals surface area contributed by atoms with Gasteiger partial charge < -0.3 is 15.4 Å². The lowest BCUT2D eigenvalue weighted by Gasteiger charge is -2.10. The molecule has 1 aromatic heterocycles. The molecule has 2 rings (SSSR count). The van der Waals surface area contributed by atoms with Crippen molar-refractivity contribution in [2.24, 2.45) is 5.73 Å². The average Bonchev–Trinajstić information content (AvgIpc) is 2.74. The molecule has 0 radical (unpaired) electrons. The number of hydrogen-bond acceptors (Lipinski definition) is 2. The second-order valence-corrected chi connectivity index (χ2v) is 5.28. The smallest absolute Gasteiger partial charge is 0.335 e. The van der Waals surface area contributed by atoms with Gasteiger partial charge in [-0.1, -0.05) is 6.92 Å². The molecular formula is C16H22N2O2. The molecule has 0 atom stereocenters. The summed E-state index contributed by atoms with van der Waals surface area (Å²) in [5.41, 5.74) is 10.2. The van der Waals surface area contributed by atoms with E-state index in [0.29, 0.717) is 12.1 Å². The lowest BCUT2D eigenvalue weighted by atomic mass is 9.97. The van der Waals surface area contributed by atoms with Crippen molar-refractivity contribution in [2.75, 3.05) is 6.54 Å². The zero-order chi connectivity index (χ0) is 14.9. The standard InChI is InChI=1S/C16H22N2O2/c1-4-7-18-9-12(5-6-17)14-11(3)13(16(19)20)8-10(2)15(14)18/h8-9H,4-7,17H2,1-3H3,(H,19,20). The Morgan fingerprint density at radius 3 is 2.65 bits per heavy atom. The normalized spacial score (nSPS) is 11.2. The second-order valence-electron chi connectivity index (χ2n) is 5.28. The first kappa shape index (κ1) is 14.6. The van der Waals surface area contributed by atoms with Gasteiger partial charge in [0.1, 0.15) is 0 Å². The summed E-state index contributed by atoms with van der Waals surface area (Å²) in [6.45, 7) is 7.52. The molecule has 0 aliphatic heterocycles. The van der Waals surface area contributed by atoms with Gasteiger partial charge in [-0.05, 0) is 56.0 Å². The Labute approximate surface area is 119 Å². The van der Waals surface area contributed by atoms with Crippen LogP contribution in [0.2, 0.25) is 0 Å². The van der Waals surface area contributed by atoms with E-state index in [2.05, 4.69) is 17.7 Å². The van der Waals surface area contributed by atoms with E-state index in [1.54, 1.807) is 6.07 Å². The zero-order valence-electron chi connectivity index (χ0n) is 12.4. The van der Waals surface area contributed by atoms with Crippen molar-refractivity contribution in [1.29, 1.82) is 0 Å². The molecule has 0 fully saturated rings. The number of hydrogen-bond donors (Lipinski definition) is 2. The van der Waals surface area contributed by atoms with Gasteiger partial charge in [-0.2, -0.15) is 0 Å². The van der Waals surface area contributed by atoms with Gasteiger partial charge in [-0.3, -0.25) is 0 Å². The van der Waals surface area contributed by atoms with Gasteiger partial charge in [0, 0.05) is 18.1 Å². The van der Waals surface area contributed by atoms with Crippen molar-refractivity contribution < 1.29 is 9.90 Å². The molecule has 0 saturated carbocycles. The maximum absolute atomic E-state index is 11.4. The predicted molar refractivity (Wildman–Crippen MR) is 81.4 cm³/mol. The first-order valence-corrected chi connectivity index (χ1v) is 7.06. The zero-order valence-corrected chi connectivity index (χ0v) is 12.4. The first-order chi connectivity index (χ1) is 9.51. The molecule has 0 unspecified atom stereocenters. The van der Waals surface area contributed by atoms with Gasteiger partial charge in [0.25, 0.3) is 0 Å². The number of carbonyl (C=O) groups is 1. The summed E-state index contributed by atoms with van der Waals surface area (Å²) >= 11 is 0. The highest BCUT2D eigenvalue weighted by Crippen LogP contribution is 2.31. The molecule has 2 aromatic rings. The quantitative estimate of drug-likeness (QED) is 0.881. The van der Waals surface area contributed by atoms with E-state index in [1.807, 2.05) is 13.8 Å². The van der Waals surface area contributed by atoms with Gasteiger partial charge in [-0.25, -0.2) is 4.79 Å². The third kappa shape index (κ3) is 2.31. The van der Waals surface area contributed by atoms with Gasteiger partial charge in [0.2, 0.25) is 0 Å². The minimum Gasteiger partial charge on any atom is -0.478 e. The van der Waals surface area contributed by atoms with Crippen LogP contribution < -0.4 is 5.73 Å². The summed E-state index contributed by atoms with van der Waals surface area (Å²) in [5, 5.41) is 10.4. The van der Waals surface area contributed by atoms with Crippen molar-refractivity contribution in [3.8, 4) is 0 Å². The van der Waals surface area contributed by atoms with E-state index in [1.165, 1.54) is 0 Å². The highest BCUT2D eigenvalue weighted by molar-refractivity contribution is 6.00. The Balaban J connectivity index is 2.82. The first-order valence-electron chi connectivity index (χ1n) is 7.06. The number of fused-ring (bicyclic) bond motifs is 1. The molecule has 0 aliphatic rings. The number of aromatic nitrogens is 1. The number of rotatable bonds is 5. The monoisotopic (exact) mass is 274 g/mol. The highest BCUT2D eigenvalue weighted by Gasteiger charge is 2.18. The maximum atomic E-state index is 11.4. The summed E-state index contributed by atoms with van der Waals surface area (Å²) in [7, 11) is 0. The minimum absolute atomic E-state index is 0.391.